The molecule has 1 aliphatic heterocycles. The maximum atomic E-state index is 13.1. The Labute approximate surface area is 478 Å². The first-order chi connectivity index (χ1) is 37.8. The van der Waals surface area contributed by atoms with E-state index in [0.717, 1.165) is 38.5 Å². The number of carbonyl (C=O) groups is 1. The third-order valence-corrected chi connectivity index (χ3v) is 17.2. The smallest absolute Gasteiger partial charge is 0.220 e. The van der Waals surface area contributed by atoms with Crippen LogP contribution in [0.4, 0.5) is 0 Å². The summed E-state index contributed by atoms with van der Waals surface area (Å²) in [6, 6.07) is -0.715. The van der Waals surface area contributed by atoms with E-state index in [0.29, 0.717) is 12.8 Å². The molecule has 0 bridgehead atoms. The number of ether oxygens (including phenoxy) is 2. The Kier molecular flexibility index (Phi) is 56.3. The first-order valence-corrected chi connectivity index (χ1v) is 34.7. The highest BCUT2D eigenvalue weighted by atomic mass is 16.7. The average molecular weight is 1090 g/mol. The van der Waals surface area contributed by atoms with Gasteiger partial charge in [0, 0.05) is 6.42 Å². The predicted octanol–water partition coefficient (Wildman–Crippen LogP) is 18.5. The largest absolute Gasteiger partial charge is 0.394 e. The molecule has 9 nitrogen and oxygen atoms in total. The molecule has 1 amide bonds. The van der Waals surface area contributed by atoms with E-state index >= 15 is 0 Å². The molecule has 0 saturated carbocycles. The lowest BCUT2D eigenvalue weighted by atomic mass is 9.99. The van der Waals surface area contributed by atoms with Crippen LogP contribution in [0.1, 0.15) is 373 Å². The van der Waals surface area contributed by atoms with Crippen LogP contribution in [-0.4, -0.2) is 87.5 Å². The van der Waals surface area contributed by atoms with E-state index in [4.69, 9.17) is 9.47 Å². The van der Waals surface area contributed by atoms with Gasteiger partial charge in [0.25, 0.3) is 0 Å². The maximum absolute atomic E-state index is 13.1. The van der Waals surface area contributed by atoms with Gasteiger partial charge in [-0.05, 0) is 12.8 Å². The van der Waals surface area contributed by atoms with Gasteiger partial charge >= 0.3 is 0 Å². The van der Waals surface area contributed by atoms with Gasteiger partial charge in [0.2, 0.25) is 5.91 Å². The zero-order valence-corrected chi connectivity index (χ0v) is 51.5. The maximum Gasteiger partial charge on any atom is 0.220 e. The fourth-order valence-corrected chi connectivity index (χ4v) is 11.8. The van der Waals surface area contributed by atoms with E-state index in [9.17, 15) is 30.3 Å². The molecule has 1 aliphatic rings. The Balaban J connectivity index is 2.09. The standard InChI is InChI=1S/C68H135NO8/c1-3-5-7-9-11-13-15-17-19-21-23-25-27-28-29-30-31-32-33-34-36-37-39-41-43-45-47-49-51-53-55-57-62(71)61(60-76-68-67(75)66(74)65(73)63(59-70)77-68)69-64(72)58-56-54-52-50-48-46-44-42-40-38-35-26-24-22-20-18-16-14-12-10-8-6-4-2/h61-63,65-68,70-71,73-75H,3-60H2,1-2H3,(H,69,72). The zero-order valence-electron chi connectivity index (χ0n) is 51.5. The van der Waals surface area contributed by atoms with Crippen molar-refractivity contribution in [1.82, 2.24) is 5.32 Å². The number of unbranched alkanes of at least 4 members (excludes halogenated alkanes) is 52. The molecule has 0 aromatic heterocycles. The normalized spacial score (nSPS) is 18.6. The molecule has 0 aromatic rings. The van der Waals surface area contributed by atoms with E-state index < -0.39 is 49.5 Å². The highest BCUT2D eigenvalue weighted by Crippen LogP contribution is 2.24. The van der Waals surface area contributed by atoms with Gasteiger partial charge in [-0.3, -0.25) is 4.79 Å². The second-order valence-electron chi connectivity index (χ2n) is 24.7. The fraction of sp³-hybridized carbons (Fsp3) is 0.985. The predicted molar refractivity (Wildman–Crippen MR) is 328 cm³/mol. The quantitative estimate of drug-likeness (QED) is 0.0330. The monoisotopic (exact) mass is 1090 g/mol. The first-order valence-electron chi connectivity index (χ1n) is 34.7. The first kappa shape index (κ1) is 74.2. The number of rotatable bonds is 62. The minimum atomic E-state index is -1.55. The highest BCUT2D eigenvalue weighted by molar-refractivity contribution is 5.76. The fourth-order valence-electron chi connectivity index (χ4n) is 11.8. The van der Waals surface area contributed by atoms with Gasteiger partial charge in [0.1, 0.15) is 24.4 Å². The summed E-state index contributed by atoms with van der Waals surface area (Å²) in [5.41, 5.74) is 0. The molecule has 460 valence electrons. The number of amides is 1. The minimum absolute atomic E-state index is 0.130. The van der Waals surface area contributed by atoms with Crippen molar-refractivity contribution in [3.63, 3.8) is 0 Å². The Morgan fingerprint density at radius 1 is 0.390 bits per heavy atom. The molecular formula is C68H135NO8. The van der Waals surface area contributed by atoms with Gasteiger partial charge in [-0.2, -0.15) is 0 Å². The van der Waals surface area contributed by atoms with Crippen LogP contribution in [0, 0.1) is 0 Å². The molecular weight excluding hydrogens is 959 g/mol. The lowest BCUT2D eigenvalue weighted by Crippen LogP contribution is -2.60. The molecule has 77 heavy (non-hydrogen) atoms. The van der Waals surface area contributed by atoms with Crippen LogP contribution in [0.15, 0.2) is 0 Å². The van der Waals surface area contributed by atoms with Gasteiger partial charge in [-0.1, -0.05) is 354 Å². The van der Waals surface area contributed by atoms with Crippen LogP contribution in [0.25, 0.3) is 0 Å². The lowest BCUT2D eigenvalue weighted by molar-refractivity contribution is -0.302. The third kappa shape index (κ3) is 47.4. The van der Waals surface area contributed by atoms with Crippen LogP contribution in [0.5, 0.6) is 0 Å². The van der Waals surface area contributed by atoms with E-state index in [-0.39, 0.29) is 12.5 Å². The summed E-state index contributed by atoms with van der Waals surface area (Å²) in [5, 5.41) is 54.9. The summed E-state index contributed by atoms with van der Waals surface area (Å²) in [6.07, 6.45) is 66.0. The van der Waals surface area contributed by atoms with Crippen molar-refractivity contribution in [2.24, 2.45) is 0 Å². The van der Waals surface area contributed by atoms with Crippen LogP contribution in [0.3, 0.4) is 0 Å². The molecule has 0 radical (unpaired) electrons. The molecule has 9 heteroatoms. The second kappa shape index (κ2) is 58.4. The molecule has 1 rings (SSSR count). The Hall–Kier alpha value is -0.810. The number of hydrogen-bond donors (Lipinski definition) is 6. The van der Waals surface area contributed by atoms with E-state index in [2.05, 4.69) is 19.2 Å². The Bertz CT molecular complexity index is 1180. The van der Waals surface area contributed by atoms with E-state index in [1.807, 2.05) is 0 Å². The summed E-state index contributed by atoms with van der Waals surface area (Å²) in [6.45, 7) is 3.91. The highest BCUT2D eigenvalue weighted by Gasteiger charge is 2.44. The second-order valence-corrected chi connectivity index (χ2v) is 24.7. The van der Waals surface area contributed by atoms with Crippen LogP contribution < -0.4 is 5.32 Å². The minimum Gasteiger partial charge on any atom is -0.394 e. The lowest BCUT2D eigenvalue weighted by Gasteiger charge is -2.40. The molecule has 0 aromatic carbocycles. The number of aliphatic hydroxyl groups is 5. The molecule has 7 atom stereocenters. The number of hydrogen-bond acceptors (Lipinski definition) is 8. The van der Waals surface area contributed by atoms with Crippen molar-refractivity contribution in [3.8, 4) is 0 Å². The molecule has 7 unspecified atom stereocenters. The van der Waals surface area contributed by atoms with Crippen LogP contribution in [0.2, 0.25) is 0 Å². The van der Waals surface area contributed by atoms with Crippen molar-refractivity contribution < 1.29 is 39.8 Å². The molecule has 1 saturated heterocycles. The molecule has 1 heterocycles. The van der Waals surface area contributed by atoms with Gasteiger partial charge in [0.15, 0.2) is 6.29 Å². The van der Waals surface area contributed by atoms with Crippen molar-refractivity contribution in [1.29, 1.82) is 0 Å². The average Bonchev–Trinajstić information content (AvgIpc) is 3.43. The molecule has 0 aliphatic carbocycles. The summed E-state index contributed by atoms with van der Waals surface area (Å²) < 4.78 is 11.4. The number of aliphatic hydroxyl groups excluding tert-OH is 5. The third-order valence-electron chi connectivity index (χ3n) is 17.2. The van der Waals surface area contributed by atoms with Crippen molar-refractivity contribution in [2.75, 3.05) is 13.2 Å². The van der Waals surface area contributed by atoms with Gasteiger partial charge < -0.3 is 40.3 Å². The van der Waals surface area contributed by atoms with Gasteiger partial charge in [-0.15, -0.1) is 0 Å². The summed E-state index contributed by atoms with van der Waals surface area (Å²) in [7, 11) is 0. The summed E-state index contributed by atoms with van der Waals surface area (Å²) in [4.78, 5) is 13.1. The number of carbonyl (C=O) groups excluding carboxylic acids is 1. The SMILES string of the molecule is CCCCCCCCCCCCCCCCCCCCCCCCCCCCCCCCCC(O)C(COC1OC(CO)C(O)C(O)C1O)NC(=O)CCCCCCCCCCCCCCCCCCCCCCCCC. The van der Waals surface area contributed by atoms with E-state index in [1.54, 1.807) is 0 Å². The van der Waals surface area contributed by atoms with Crippen molar-refractivity contribution >= 4 is 5.91 Å². The molecule has 1 fully saturated rings. The Morgan fingerprint density at radius 3 is 0.922 bits per heavy atom. The molecule has 6 N–H and O–H groups in total. The summed E-state index contributed by atoms with van der Waals surface area (Å²) >= 11 is 0. The van der Waals surface area contributed by atoms with Gasteiger partial charge in [-0.25, -0.2) is 0 Å². The number of nitrogens with one attached hydrogen (secondary N) is 1. The van der Waals surface area contributed by atoms with Crippen LogP contribution >= 0.6 is 0 Å². The summed E-state index contributed by atoms with van der Waals surface area (Å²) in [5.74, 6) is -0.133. The van der Waals surface area contributed by atoms with Crippen molar-refractivity contribution in [2.45, 2.75) is 416 Å². The van der Waals surface area contributed by atoms with Gasteiger partial charge in [0.05, 0.1) is 25.4 Å². The topological polar surface area (TPSA) is 149 Å². The Morgan fingerprint density at radius 2 is 0.649 bits per heavy atom. The van der Waals surface area contributed by atoms with Crippen LogP contribution in [-0.2, 0) is 14.3 Å². The zero-order chi connectivity index (χ0) is 55.8. The molecule has 0 spiro atoms. The van der Waals surface area contributed by atoms with Crippen molar-refractivity contribution in [3.05, 3.63) is 0 Å². The van der Waals surface area contributed by atoms with E-state index in [1.165, 1.54) is 308 Å².